The maximum atomic E-state index is 10.2. The van der Waals surface area contributed by atoms with Crippen LogP contribution < -0.4 is 9.64 Å². The van der Waals surface area contributed by atoms with Gasteiger partial charge in [-0.15, -0.1) is 0 Å². The molecule has 5 heteroatoms. The van der Waals surface area contributed by atoms with Gasteiger partial charge in [-0.1, -0.05) is 30.7 Å². The van der Waals surface area contributed by atoms with Gasteiger partial charge in [-0.3, -0.25) is 4.90 Å². The van der Waals surface area contributed by atoms with Crippen molar-refractivity contribution in [1.82, 2.24) is 4.90 Å². The molecule has 5 nitrogen and oxygen atoms in total. The number of ether oxygens (including phenoxy) is 1. The minimum absolute atomic E-state index is 0.291. The summed E-state index contributed by atoms with van der Waals surface area (Å²) in [4.78, 5) is 4.84. The van der Waals surface area contributed by atoms with Gasteiger partial charge in [-0.05, 0) is 91.4 Å². The Bertz CT molecular complexity index is 1110. The van der Waals surface area contributed by atoms with E-state index in [-0.39, 0.29) is 0 Å². The van der Waals surface area contributed by atoms with Gasteiger partial charge in [0.15, 0.2) is 0 Å². The number of anilines is 1. The molecule has 0 saturated carbocycles. The summed E-state index contributed by atoms with van der Waals surface area (Å²) in [6.45, 7) is 5.77. The average Bonchev–Trinajstić information content (AvgIpc) is 3.28. The standard InChI is InChI=1S/C29H34N2O3/c32-26-10-5-22(6-11-26)4-7-23-8-12-27(33)19-29(23)31-20-24-9-13-28(18-25(24)21-31)34-17-16-30-14-2-1-3-15-30/h5-6,8-13,18-19,32-33H,1-4,7,14-17,20-21H2. The fourth-order valence-electron chi connectivity index (χ4n) is 5.11. The van der Waals surface area contributed by atoms with Crippen molar-refractivity contribution < 1.29 is 14.9 Å². The Kier molecular flexibility index (Phi) is 6.91. The zero-order chi connectivity index (χ0) is 23.3. The second-order valence-electron chi connectivity index (χ2n) is 9.52. The Morgan fingerprint density at radius 3 is 2.32 bits per heavy atom. The molecular formula is C29H34N2O3. The molecule has 34 heavy (non-hydrogen) atoms. The lowest BCUT2D eigenvalue weighted by Crippen LogP contribution is -2.33. The molecule has 0 unspecified atom stereocenters. The maximum absolute atomic E-state index is 10.2. The Morgan fingerprint density at radius 2 is 1.50 bits per heavy atom. The first-order valence-corrected chi connectivity index (χ1v) is 12.5. The van der Waals surface area contributed by atoms with Crippen molar-refractivity contribution in [2.24, 2.45) is 0 Å². The van der Waals surface area contributed by atoms with Crippen LogP contribution in [0.15, 0.2) is 60.7 Å². The lowest BCUT2D eigenvalue weighted by atomic mass is 10.0. The summed E-state index contributed by atoms with van der Waals surface area (Å²) >= 11 is 0. The van der Waals surface area contributed by atoms with Crippen LogP contribution in [0.5, 0.6) is 17.2 Å². The summed E-state index contributed by atoms with van der Waals surface area (Å²) < 4.78 is 6.10. The molecule has 0 aliphatic carbocycles. The molecule has 1 fully saturated rings. The third-order valence-electron chi connectivity index (χ3n) is 7.05. The Labute approximate surface area is 202 Å². The van der Waals surface area contributed by atoms with Crippen LogP contribution in [-0.2, 0) is 25.9 Å². The summed E-state index contributed by atoms with van der Waals surface area (Å²) in [5.41, 5.74) is 6.10. The highest BCUT2D eigenvalue weighted by Crippen LogP contribution is 2.35. The topological polar surface area (TPSA) is 56.2 Å². The van der Waals surface area contributed by atoms with Crippen LogP contribution in [0.3, 0.4) is 0 Å². The normalized spacial score (nSPS) is 15.9. The summed E-state index contributed by atoms with van der Waals surface area (Å²) in [5, 5.41) is 19.7. The first kappa shape index (κ1) is 22.6. The third kappa shape index (κ3) is 5.48. The Hall–Kier alpha value is -3.18. The molecule has 3 aromatic rings. The van der Waals surface area contributed by atoms with Crippen molar-refractivity contribution in [3.8, 4) is 17.2 Å². The molecule has 3 aromatic carbocycles. The van der Waals surface area contributed by atoms with Crippen LogP contribution in [0, 0.1) is 0 Å². The molecule has 0 atom stereocenters. The highest BCUT2D eigenvalue weighted by atomic mass is 16.5. The predicted molar refractivity (Wildman–Crippen MR) is 136 cm³/mol. The molecule has 2 aliphatic heterocycles. The second-order valence-corrected chi connectivity index (χ2v) is 9.52. The van der Waals surface area contributed by atoms with Crippen LogP contribution in [0.2, 0.25) is 0 Å². The van der Waals surface area contributed by atoms with E-state index in [1.54, 1.807) is 18.2 Å². The van der Waals surface area contributed by atoms with Gasteiger partial charge < -0.3 is 19.8 Å². The van der Waals surface area contributed by atoms with Crippen LogP contribution in [0.1, 0.15) is 41.5 Å². The molecular weight excluding hydrogens is 424 g/mol. The number of benzene rings is 3. The van der Waals surface area contributed by atoms with Crippen LogP contribution in [0.4, 0.5) is 5.69 Å². The van der Waals surface area contributed by atoms with E-state index in [1.165, 1.54) is 54.6 Å². The number of phenolic OH excluding ortho intramolecular Hbond substituents is 2. The molecule has 5 rings (SSSR count). The predicted octanol–water partition coefficient (Wildman–Crippen LogP) is 5.27. The van der Waals surface area contributed by atoms with E-state index in [2.05, 4.69) is 28.0 Å². The molecule has 2 aliphatic rings. The van der Waals surface area contributed by atoms with Gasteiger partial charge in [-0.2, -0.15) is 0 Å². The zero-order valence-electron chi connectivity index (χ0n) is 19.7. The van der Waals surface area contributed by atoms with Gasteiger partial charge in [0.25, 0.3) is 0 Å². The molecule has 0 aromatic heterocycles. The molecule has 2 heterocycles. The SMILES string of the molecule is Oc1ccc(CCc2ccc(O)cc2N2Cc3ccc(OCCN4CCCCC4)cc3C2)cc1. The van der Waals surface area contributed by atoms with Gasteiger partial charge in [0.1, 0.15) is 23.9 Å². The van der Waals surface area contributed by atoms with Crippen molar-refractivity contribution in [3.05, 3.63) is 82.9 Å². The number of piperidine rings is 1. The molecule has 2 N–H and O–H groups in total. The number of hydrogen-bond donors (Lipinski definition) is 2. The van der Waals surface area contributed by atoms with Gasteiger partial charge in [-0.25, -0.2) is 0 Å². The van der Waals surface area contributed by atoms with Gasteiger partial charge >= 0.3 is 0 Å². The number of fused-ring (bicyclic) bond motifs is 1. The minimum atomic E-state index is 0.291. The molecule has 0 amide bonds. The van der Waals surface area contributed by atoms with E-state index in [1.807, 2.05) is 24.3 Å². The highest BCUT2D eigenvalue weighted by molar-refractivity contribution is 5.60. The summed E-state index contributed by atoms with van der Waals surface area (Å²) in [6, 6.07) is 19.5. The lowest BCUT2D eigenvalue weighted by Gasteiger charge is -2.26. The fourth-order valence-corrected chi connectivity index (χ4v) is 5.11. The van der Waals surface area contributed by atoms with E-state index in [0.717, 1.165) is 50.5 Å². The van der Waals surface area contributed by atoms with Crippen molar-refractivity contribution in [1.29, 1.82) is 0 Å². The van der Waals surface area contributed by atoms with E-state index < -0.39 is 0 Å². The average molecular weight is 459 g/mol. The Balaban J connectivity index is 1.23. The molecule has 0 bridgehead atoms. The summed E-state index contributed by atoms with van der Waals surface area (Å²) in [5.74, 6) is 1.53. The van der Waals surface area contributed by atoms with Crippen molar-refractivity contribution in [2.75, 3.05) is 31.1 Å². The molecule has 0 radical (unpaired) electrons. The van der Waals surface area contributed by atoms with Crippen molar-refractivity contribution in [3.63, 3.8) is 0 Å². The van der Waals surface area contributed by atoms with Crippen LogP contribution in [-0.4, -0.2) is 41.4 Å². The number of likely N-dealkylation sites (tertiary alicyclic amines) is 1. The number of nitrogens with zero attached hydrogens (tertiary/aromatic N) is 2. The highest BCUT2D eigenvalue weighted by Gasteiger charge is 2.22. The van der Waals surface area contributed by atoms with E-state index in [4.69, 9.17) is 4.74 Å². The second kappa shape index (κ2) is 10.4. The number of aromatic hydroxyl groups is 2. The maximum Gasteiger partial charge on any atom is 0.119 e. The van der Waals surface area contributed by atoms with Crippen molar-refractivity contribution in [2.45, 2.75) is 45.2 Å². The summed E-state index contributed by atoms with van der Waals surface area (Å²) in [6.07, 6.45) is 5.73. The largest absolute Gasteiger partial charge is 0.508 e. The number of aryl methyl sites for hydroxylation is 2. The number of hydrogen-bond acceptors (Lipinski definition) is 5. The third-order valence-corrected chi connectivity index (χ3v) is 7.05. The first-order chi connectivity index (χ1) is 16.6. The molecule has 0 spiro atoms. The fraction of sp³-hybridized carbons (Fsp3) is 0.379. The number of phenols is 2. The van der Waals surface area contributed by atoms with E-state index in [0.29, 0.717) is 11.5 Å². The monoisotopic (exact) mass is 458 g/mol. The molecule has 1 saturated heterocycles. The number of rotatable bonds is 8. The quantitative estimate of drug-likeness (QED) is 0.482. The lowest BCUT2D eigenvalue weighted by molar-refractivity contribution is 0.183. The van der Waals surface area contributed by atoms with E-state index >= 15 is 0 Å². The van der Waals surface area contributed by atoms with E-state index in [9.17, 15) is 10.2 Å². The summed E-state index contributed by atoms with van der Waals surface area (Å²) in [7, 11) is 0. The Morgan fingerprint density at radius 1 is 0.735 bits per heavy atom. The first-order valence-electron chi connectivity index (χ1n) is 12.5. The molecule has 178 valence electrons. The van der Waals surface area contributed by atoms with Crippen LogP contribution in [0.25, 0.3) is 0 Å². The van der Waals surface area contributed by atoms with Gasteiger partial charge in [0.05, 0.1) is 0 Å². The minimum Gasteiger partial charge on any atom is -0.508 e. The smallest absolute Gasteiger partial charge is 0.119 e. The van der Waals surface area contributed by atoms with Gasteiger partial charge in [0.2, 0.25) is 0 Å². The van der Waals surface area contributed by atoms with Crippen LogP contribution >= 0.6 is 0 Å². The van der Waals surface area contributed by atoms with Gasteiger partial charge in [0, 0.05) is 31.4 Å². The zero-order valence-corrected chi connectivity index (χ0v) is 19.7. The van der Waals surface area contributed by atoms with Crippen molar-refractivity contribution >= 4 is 5.69 Å².